The highest BCUT2D eigenvalue weighted by Crippen LogP contribution is 2.10. The molecule has 0 aliphatic carbocycles. The minimum absolute atomic E-state index is 0.0484. The van der Waals surface area contributed by atoms with Crippen LogP contribution >= 0.6 is 0 Å². The molecule has 0 spiro atoms. The highest BCUT2D eigenvalue weighted by Gasteiger charge is 2.28. The molecule has 0 radical (unpaired) electrons. The van der Waals surface area contributed by atoms with Gasteiger partial charge in [-0.15, -0.1) is 0 Å². The number of carboxylic acids is 4. The topological polar surface area (TPSA) is 253 Å². The van der Waals surface area contributed by atoms with Crippen molar-refractivity contribution in [1.82, 2.24) is 24.9 Å². The molecule has 0 aromatic heterocycles. The van der Waals surface area contributed by atoms with Gasteiger partial charge in [-0.2, -0.15) is 0 Å². The van der Waals surface area contributed by atoms with Crippen LogP contribution in [0.3, 0.4) is 0 Å². The third kappa shape index (κ3) is 18.7. The van der Waals surface area contributed by atoms with E-state index in [0.29, 0.717) is 0 Å². The molecule has 18 heteroatoms. The second kappa shape index (κ2) is 21.3. The van der Waals surface area contributed by atoms with Gasteiger partial charge < -0.3 is 41.0 Å². The summed E-state index contributed by atoms with van der Waals surface area (Å²) in [4.78, 5) is 75.8. The molecule has 1 rings (SSSR count). The summed E-state index contributed by atoms with van der Waals surface area (Å²) in [5.41, 5.74) is 4.95. The number of hydrogen-bond donors (Lipinski definition) is 6. The van der Waals surface area contributed by atoms with E-state index >= 15 is 0 Å². The lowest BCUT2D eigenvalue weighted by atomic mass is 10.1. The van der Waals surface area contributed by atoms with Gasteiger partial charge in [0.2, 0.25) is 11.8 Å². The SMILES string of the molecule is NC(=O)COCCOCCNC(=O)CC[C@H](C(=O)O)N1CCN(CC(=O)O)CCN(CC(=O)O)CCN(CC(=O)O)CC1. The first kappa shape index (κ1) is 37.6. The molecule has 0 aromatic rings. The van der Waals surface area contributed by atoms with Crippen molar-refractivity contribution in [3.8, 4) is 0 Å². The zero-order valence-corrected chi connectivity index (χ0v) is 24.2. The summed E-state index contributed by atoms with van der Waals surface area (Å²) in [6, 6.07) is -1.10. The number of carbonyl (C=O) groups is 6. The zero-order valence-electron chi connectivity index (χ0n) is 24.2. The van der Waals surface area contributed by atoms with Crippen molar-refractivity contribution < 1.29 is 58.7 Å². The average molecular weight is 621 g/mol. The van der Waals surface area contributed by atoms with E-state index < -0.39 is 41.7 Å². The fraction of sp³-hybridized carbons (Fsp3) is 0.760. The number of carbonyl (C=O) groups excluding carboxylic acids is 2. The van der Waals surface area contributed by atoms with Crippen molar-refractivity contribution in [1.29, 1.82) is 0 Å². The van der Waals surface area contributed by atoms with Crippen molar-refractivity contribution in [2.24, 2.45) is 5.73 Å². The minimum Gasteiger partial charge on any atom is -0.480 e. The molecule has 2 amide bonds. The maximum absolute atomic E-state index is 12.4. The normalized spacial score (nSPS) is 17.3. The average Bonchev–Trinajstić information content (AvgIpc) is 2.90. The van der Waals surface area contributed by atoms with Crippen molar-refractivity contribution >= 4 is 35.7 Å². The maximum atomic E-state index is 12.4. The monoisotopic (exact) mass is 620 g/mol. The van der Waals surface area contributed by atoms with Gasteiger partial charge in [-0.3, -0.25) is 48.4 Å². The standard InChI is InChI=1S/C25H44N6O12/c26-20(32)18-43-14-13-42-12-3-27-21(33)2-1-19(25(40)41)31-10-8-29(16-23(36)37)6-4-28(15-22(34)35)5-7-30(9-11-31)17-24(38)39/h19H,1-18H2,(H2,26,32)(H,27,33)(H,34,35)(H,36,37)(H,38,39)(H,40,41)/t19-/m1/s1. The summed E-state index contributed by atoms with van der Waals surface area (Å²) in [6.45, 7) is 0.885. The molecular weight excluding hydrogens is 576 g/mol. The van der Waals surface area contributed by atoms with Gasteiger partial charge in [0, 0.05) is 65.3 Å². The second-order valence-corrected chi connectivity index (χ2v) is 9.92. The van der Waals surface area contributed by atoms with E-state index in [-0.39, 0.29) is 118 Å². The number of nitrogens with two attached hydrogens (primary N) is 1. The Bertz CT molecular complexity index is 891. The van der Waals surface area contributed by atoms with Crippen LogP contribution in [-0.4, -0.2) is 187 Å². The molecule has 0 bridgehead atoms. The van der Waals surface area contributed by atoms with Crippen molar-refractivity contribution in [3.63, 3.8) is 0 Å². The number of ether oxygens (including phenoxy) is 2. The minimum atomic E-state index is -1.18. The van der Waals surface area contributed by atoms with Crippen LogP contribution in [-0.2, 0) is 38.2 Å². The van der Waals surface area contributed by atoms with Crippen LogP contribution in [0.1, 0.15) is 12.8 Å². The van der Waals surface area contributed by atoms with E-state index in [2.05, 4.69) is 5.32 Å². The number of hydrogen-bond acceptors (Lipinski definition) is 12. The Kier molecular flexibility index (Phi) is 18.6. The molecule has 7 N–H and O–H groups in total. The Morgan fingerprint density at radius 2 is 1.12 bits per heavy atom. The van der Waals surface area contributed by atoms with Gasteiger partial charge in [0.15, 0.2) is 0 Å². The van der Waals surface area contributed by atoms with Crippen molar-refractivity contribution in [2.45, 2.75) is 18.9 Å². The van der Waals surface area contributed by atoms with E-state index in [0.717, 1.165) is 0 Å². The summed E-state index contributed by atoms with van der Waals surface area (Å²) in [7, 11) is 0. The van der Waals surface area contributed by atoms with E-state index in [9.17, 15) is 49.2 Å². The number of primary amides is 1. The van der Waals surface area contributed by atoms with Gasteiger partial charge in [-0.25, -0.2) is 0 Å². The lowest BCUT2D eigenvalue weighted by molar-refractivity contribution is -0.145. The number of rotatable bonds is 19. The predicted molar refractivity (Wildman–Crippen MR) is 148 cm³/mol. The van der Waals surface area contributed by atoms with Gasteiger partial charge in [-0.1, -0.05) is 0 Å². The third-order valence-corrected chi connectivity index (χ3v) is 6.50. The number of carboxylic acid groups (broad SMARTS) is 4. The quantitative estimate of drug-likeness (QED) is 0.0761. The molecule has 1 fully saturated rings. The molecule has 1 aliphatic heterocycles. The molecule has 0 saturated carbocycles. The lowest BCUT2D eigenvalue weighted by Gasteiger charge is -2.35. The van der Waals surface area contributed by atoms with Gasteiger partial charge in [0.25, 0.3) is 0 Å². The Labute approximate surface area is 249 Å². The first-order valence-electron chi connectivity index (χ1n) is 13.9. The van der Waals surface area contributed by atoms with Crippen LogP contribution in [0.2, 0.25) is 0 Å². The number of nitrogens with zero attached hydrogens (tertiary/aromatic N) is 4. The molecule has 1 atom stereocenters. The van der Waals surface area contributed by atoms with Gasteiger partial charge >= 0.3 is 23.9 Å². The van der Waals surface area contributed by atoms with Crippen LogP contribution in [0.5, 0.6) is 0 Å². The molecule has 18 nitrogen and oxygen atoms in total. The van der Waals surface area contributed by atoms with Gasteiger partial charge in [0.1, 0.15) is 12.6 Å². The highest BCUT2D eigenvalue weighted by molar-refractivity contribution is 5.78. The molecule has 246 valence electrons. The van der Waals surface area contributed by atoms with Gasteiger partial charge in [-0.05, 0) is 6.42 Å². The summed E-state index contributed by atoms with van der Waals surface area (Å²) in [5.74, 6) is -5.43. The molecule has 0 aromatic carbocycles. The van der Waals surface area contributed by atoms with Crippen LogP contribution in [0, 0.1) is 0 Å². The third-order valence-electron chi connectivity index (χ3n) is 6.50. The summed E-state index contributed by atoms with van der Waals surface area (Å²) >= 11 is 0. The number of nitrogens with one attached hydrogen (secondary N) is 1. The zero-order chi connectivity index (χ0) is 32.2. The van der Waals surface area contributed by atoms with Crippen LogP contribution < -0.4 is 11.1 Å². The number of amides is 2. The van der Waals surface area contributed by atoms with Crippen LogP contribution in [0.25, 0.3) is 0 Å². The summed E-state index contributed by atoms with van der Waals surface area (Å²) in [5, 5.41) is 40.6. The molecule has 1 saturated heterocycles. The van der Waals surface area contributed by atoms with E-state index in [1.165, 1.54) is 0 Å². The molecular formula is C25H44N6O12. The summed E-state index contributed by atoms with van der Waals surface area (Å²) in [6.07, 6.45) is -0.162. The fourth-order valence-electron chi connectivity index (χ4n) is 4.39. The Hall–Kier alpha value is -3.42. The highest BCUT2D eigenvalue weighted by atomic mass is 16.5. The van der Waals surface area contributed by atoms with Gasteiger partial charge in [0.05, 0.1) is 39.5 Å². The van der Waals surface area contributed by atoms with Crippen molar-refractivity contribution in [3.05, 3.63) is 0 Å². The Morgan fingerprint density at radius 3 is 1.53 bits per heavy atom. The van der Waals surface area contributed by atoms with Crippen LogP contribution in [0.15, 0.2) is 0 Å². The predicted octanol–water partition coefficient (Wildman–Crippen LogP) is -3.67. The second-order valence-electron chi connectivity index (χ2n) is 9.92. The Morgan fingerprint density at radius 1 is 0.674 bits per heavy atom. The molecule has 1 aliphatic rings. The lowest BCUT2D eigenvalue weighted by Crippen LogP contribution is -2.52. The Balaban J connectivity index is 2.83. The van der Waals surface area contributed by atoms with E-state index in [1.807, 2.05) is 0 Å². The van der Waals surface area contributed by atoms with E-state index in [1.54, 1.807) is 19.6 Å². The van der Waals surface area contributed by atoms with E-state index in [4.69, 9.17) is 15.2 Å². The largest absolute Gasteiger partial charge is 0.480 e. The van der Waals surface area contributed by atoms with Crippen molar-refractivity contribution in [2.75, 3.05) is 105 Å². The van der Waals surface area contributed by atoms with Crippen LogP contribution in [0.4, 0.5) is 0 Å². The first-order chi connectivity index (χ1) is 20.4. The first-order valence-corrected chi connectivity index (χ1v) is 13.9. The molecule has 1 heterocycles. The summed E-state index contributed by atoms with van der Waals surface area (Å²) < 4.78 is 10.2. The smallest absolute Gasteiger partial charge is 0.320 e. The number of aliphatic carboxylic acids is 4. The molecule has 43 heavy (non-hydrogen) atoms. The fourth-order valence-corrected chi connectivity index (χ4v) is 4.39. The maximum Gasteiger partial charge on any atom is 0.320 e. The molecule has 0 unspecified atom stereocenters.